The summed E-state index contributed by atoms with van der Waals surface area (Å²) in [6.07, 6.45) is 1.22. The maximum absolute atomic E-state index is 11.1. The predicted molar refractivity (Wildman–Crippen MR) is 76.7 cm³/mol. The summed E-state index contributed by atoms with van der Waals surface area (Å²) in [5.74, 6) is -0.139. The molecule has 0 amide bonds. The molecule has 0 spiro atoms. The first-order valence-corrected chi connectivity index (χ1v) is 7.11. The van der Waals surface area contributed by atoms with Crippen LogP contribution in [0.2, 0.25) is 5.02 Å². The van der Waals surface area contributed by atoms with Crippen LogP contribution in [0.5, 0.6) is 0 Å². The molecule has 0 saturated heterocycles. The van der Waals surface area contributed by atoms with E-state index in [1.165, 1.54) is 0 Å². The molecule has 5 heteroatoms. The lowest BCUT2D eigenvalue weighted by atomic mass is 10.2. The minimum atomic E-state index is -0.139. The zero-order chi connectivity index (χ0) is 13.4. The van der Waals surface area contributed by atoms with Crippen LogP contribution in [0.25, 0.3) is 0 Å². The average Bonchev–Trinajstić information content (AvgIpc) is 2.33. The molecule has 0 aliphatic heterocycles. The van der Waals surface area contributed by atoms with E-state index in [0.29, 0.717) is 19.6 Å². The lowest BCUT2D eigenvalue weighted by Gasteiger charge is -2.07. The first-order chi connectivity index (χ1) is 8.63. The van der Waals surface area contributed by atoms with Gasteiger partial charge in [-0.25, -0.2) is 0 Å². The first-order valence-electron chi connectivity index (χ1n) is 5.93. The highest BCUT2D eigenvalue weighted by Gasteiger charge is 2.02. The molecule has 0 bridgehead atoms. The van der Waals surface area contributed by atoms with E-state index in [4.69, 9.17) is 16.3 Å². The van der Waals surface area contributed by atoms with E-state index in [9.17, 15) is 4.79 Å². The molecule has 0 aliphatic rings. The van der Waals surface area contributed by atoms with Crippen molar-refractivity contribution in [2.45, 2.75) is 26.3 Å². The van der Waals surface area contributed by atoms with E-state index in [1.54, 1.807) is 0 Å². The normalized spacial score (nSPS) is 10.4. The zero-order valence-corrected chi connectivity index (χ0v) is 12.7. The number of nitrogens with one attached hydrogen (secondary N) is 1. The second-order valence-corrected chi connectivity index (χ2v) is 5.14. The van der Waals surface area contributed by atoms with Crippen molar-refractivity contribution in [3.05, 3.63) is 33.3 Å². The molecular formula is C13H17BrClNO2. The number of carbonyl (C=O) groups excluding carboxylic acids is 1. The highest BCUT2D eigenvalue weighted by molar-refractivity contribution is 9.10. The molecule has 0 radical (unpaired) electrons. The minimum absolute atomic E-state index is 0.139. The summed E-state index contributed by atoms with van der Waals surface area (Å²) in [6.45, 7) is 3.72. The van der Waals surface area contributed by atoms with Crippen molar-refractivity contribution < 1.29 is 9.53 Å². The Kier molecular flexibility index (Phi) is 7.32. The molecule has 0 heterocycles. The quantitative estimate of drug-likeness (QED) is 0.612. The van der Waals surface area contributed by atoms with Gasteiger partial charge in [0.2, 0.25) is 0 Å². The van der Waals surface area contributed by atoms with Crippen LogP contribution in [0.3, 0.4) is 0 Å². The molecule has 3 nitrogen and oxygen atoms in total. The lowest BCUT2D eigenvalue weighted by Crippen LogP contribution is -2.16. The van der Waals surface area contributed by atoms with E-state index < -0.39 is 0 Å². The van der Waals surface area contributed by atoms with E-state index >= 15 is 0 Å². The standard InChI is InChI=1S/C13H17BrClNO2/c1-2-18-13(17)4-3-7-16-9-10-8-11(14)5-6-12(10)15/h5-6,8,16H,2-4,7,9H2,1H3. The molecule has 0 unspecified atom stereocenters. The molecule has 0 fully saturated rings. The molecule has 0 aliphatic carbocycles. The number of benzene rings is 1. The van der Waals surface area contributed by atoms with Crippen molar-refractivity contribution in [3.8, 4) is 0 Å². The largest absolute Gasteiger partial charge is 0.466 e. The van der Waals surface area contributed by atoms with Gasteiger partial charge in [0.15, 0.2) is 0 Å². The predicted octanol–water partition coefficient (Wildman–Crippen LogP) is 3.54. The van der Waals surface area contributed by atoms with Crippen molar-refractivity contribution in [2.75, 3.05) is 13.2 Å². The molecule has 1 aromatic rings. The van der Waals surface area contributed by atoms with Gasteiger partial charge >= 0.3 is 5.97 Å². The summed E-state index contributed by atoms with van der Waals surface area (Å²) in [7, 11) is 0. The lowest BCUT2D eigenvalue weighted by molar-refractivity contribution is -0.143. The van der Waals surface area contributed by atoms with Gasteiger partial charge < -0.3 is 10.1 Å². The SMILES string of the molecule is CCOC(=O)CCCNCc1cc(Br)ccc1Cl. The van der Waals surface area contributed by atoms with Gasteiger partial charge in [-0.15, -0.1) is 0 Å². The van der Waals surface area contributed by atoms with Gasteiger partial charge in [-0.1, -0.05) is 27.5 Å². The second-order valence-electron chi connectivity index (χ2n) is 3.82. The zero-order valence-electron chi connectivity index (χ0n) is 10.3. The van der Waals surface area contributed by atoms with Gasteiger partial charge in [0.25, 0.3) is 0 Å². The van der Waals surface area contributed by atoms with Crippen LogP contribution < -0.4 is 5.32 Å². The molecule has 1 N–H and O–H groups in total. The number of halogens is 2. The number of ether oxygens (including phenoxy) is 1. The monoisotopic (exact) mass is 333 g/mol. The Morgan fingerprint density at radius 1 is 1.50 bits per heavy atom. The smallest absolute Gasteiger partial charge is 0.305 e. The third-order valence-corrected chi connectivity index (χ3v) is 3.22. The molecule has 1 aromatic carbocycles. The summed E-state index contributed by atoms with van der Waals surface area (Å²) in [6, 6.07) is 5.76. The van der Waals surface area contributed by atoms with Crippen LogP contribution in [0.15, 0.2) is 22.7 Å². The number of esters is 1. The Hall–Kier alpha value is -0.580. The Balaban J connectivity index is 2.21. The maximum Gasteiger partial charge on any atom is 0.305 e. The molecule has 0 aromatic heterocycles. The molecular weight excluding hydrogens is 318 g/mol. The molecule has 1 rings (SSSR count). The minimum Gasteiger partial charge on any atom is -0.466 e. The number of hydrogen-bond acceptors (Lipinski definition) is 3. The van der Waals surface area contributed by atoms with E-state index in [2.05, 4.69) is 21.2 Å². The third kappa shape index (κ3) is 5.85. The van der Waals surface area contributed by atoms with Gasteiger partial charge in [0, 0.05) is 22.5 Å². The van der Waals surface area contributed by atoms with Gasteiger partial charge in [-0.05, 0) is 43.7 Å². The van der Waals surface area contributed by atoms with Crippen LogP contribution in [-0.4, -0.2) is 19.1 Å². The highest BCUT2D eigenvalue weighted by Crippen LogP contribution is 2.20. The van der Waals surface area contributed by atoms with Gasteiger partial charge in [-0.3, -0.25) is 4.79 Å². The number of rotatable bonds is 7. The summed E-state index contributed by atoms with van der Waals surface area (Å²) < 4.78 is 5.86. The molecule has 0 saturated carbocycles. The average molecular weight is 335 g/mol. The molecule has 0 atom stereocenters. The Morgan fingerprint density at radius 3 is 3.00 bits per heavy atom. The first kappa shape index (κ1) is 15.5. The second kappa shape index (κ2) is 8.51. The fourth-order valence-electron chi connectivity index (χ4n) is 1.49. The van der Waals surface area contributed by atoms with Crippen LogP contribution in [0, 0.1) is 0 Å². The third-order valence-electron chi connectivity index (χ3n) is 2.36. The van der Waals surface area contributed by atoms with E-state index in [-0.39, 0.29) is 5.97 Å². The fourth-order valence-corrected chi connectivity index (χ4v) is 2.09. The summed E-state index contributed by atoms with van der Waals surface area (Å²) in [5.41, 5.74) is 1.04. The summed E-state index contributed by atoms with van der Waals surface area (Å²) in [5, 5.41) is 4.00. The van der Waals surface area contributed by atoms with Gasteiger partial charge in [0.05, 0.1) is 6.61 Å². The highest BCUT2D eigenvalue weighted by atomic mass is 79.9. The van der Waals surface area contributed by atoms with Crippen molar-refractivity contribution in [1.29, 1.82) is 0 Å². The van der Waals surface area contributed by atoms with Crippen LogP contribution in [0.4, 0.5) is 0 Å². The Morgan fingerprint density at radius 2 is 2.28 bits per heavy atom. The van der Waals surface area contributed by atoms with E-state index in [1.807, 2.05) is 25.1 Å². The maximum atomic E-state index is 11.1. The van der Waals surface area contributed by atoms with Gasteiger partial charge in [-0.2, -0.15) is 0 Å². The van der Waals surface area contributed by atoms with Crippen LogP contribution in [-0.2, 0) is 16.1 Å². The van der Waals surface area contributed by atoms with Gasteiger partial charge in [0.1, 0.15) is 0 Å². The Labute approximate surface area is 121 Å². The molecule has 100 valence electrons. The van der Waals surface area contributed by atoms with Crippen molar-refractivity contribution in [1.82, 2.24) is 5.32 Å². The Bertz CT molecular complexity index is 399. The number of hydrogen-bond donors (Lipinski definition) is 1. The summed E-state index contributed by atoms with van der Waals surface area (Å²) in [4.78, 5) is 11.1. The van der Waals surface area contributed by atoms with Crippen molar-refractivity contribution in [3.63, 3.8) is 0 Å². The fraction of sp³-hybridized carbons (Fsp3) is 0.462. The van der Waals surface area contributed by atoms with Crippen molar-refractivity contribution in [2.24, 2.45) is 0 Å². The van der Waals surface area contributed by atoms with E-state index in [0.717, 1.165) is 28.0 Å². The molecule has 18 heavy (non-hydrogen) atoms. The summed E-state index contributed by atoms with van der Waals surface area (Å²) >= 11 is 9.47. The van der Waals surface area contributed by atoms with Crippen LogP contribution in [0.1, 0.15) is 25.3 Å². The van der Waals surface area contributed by atoms with Crippen molar-refractivity contribution >= 4 is 33.5 Å². The topological polar surface area (TPSA) is 38.3 Å². The van der Waals surface area contributed by atoms with Crippen LogP contribution >= 0.6 is 27.5 Å². The number of carbonyl (C=O) groups is 1.